The zero-order valence-corrected chi connectivity index (χ0v) is 16.4. The minimum Gasteiger partial charge on any atom is -0.325 e. The van der Waals surface area contributed by atoms with Gasteiger partial charge in [0.15, 0.2) is 5.16 Å². The number of aromatic nitrogens is 2. The number of hydrogen-bond acceptors (Lipinski definition) is 5. The van der Waals surface area contributed by atoms with Crippen LogP contribution in [0, 0.1) is 13.8 Å². The SMILES string of the molecule is Cc1ccc(NC(=O)CSc2nc3c(c(=O)n2C)S[C@@H](C)C3)c(C)c1. The molecule has 0 saturated carbocycles. The van der Waals surface area contributed by atoms with Gasteiger partial charge in [-0.1, -0.05) is 36.4 Å². The van der Waals surface area contributed by atoms with Crippen molar-refractivity contribution in [2.45, 2.75) is 42.5 Å². The Morgan fingerprint density at radius 3 is 2.92 bits per heavy atom. The maximum Gasteiger partial charge on any atom is 0.267 e. The molecule has 1 aliphatic heterocycles. The highest BCUT2D eigenvalue weighted by Crippen LogP contribution is 2.33. The Labute approximate surface area is 155 Å². The van der Waals surface area contributed by atoms with Gasteiger partial charge in [0.1, 0.15) is 0 Å². The molecule has 2 aromatic rings. The molecule has 1 N–H and O–H groups in total. The van der Waals surface area contributed by atoms with Crippen molar-refractivity contribution in [1.29, 1.82) is 0 Å². The van der Waals surface area contributed by atoms with Crippen LogP contribution in [0.2, 0.25) is 0 Å². The minimum absolute atomic E-state index is 0.0170. The molecular formula is C18H21N3O2S2. The molecular weight excluding hydrogens is 354 g/mol. The van der Waals surface area contributed by atoms with Gasteiger partial charge in [0.25, 0.3) is 5.56 Å². The van der Waals surface area contributed by atoms with E-state index in [1.807, 2.05) is 32.0 Å². The summed E-state index contributed by atoms with van der Waals surface area (Å²) >= 11 is 2.88. The minimum atomic E-state index is -0.102. The second-order valence-corrected chi connectivity index (χ2v) is 8.71. The molecule has 5 nitrogen and oxygen atoms in total. The quantitative estimate of drug-likeness (QED) is 0.657. The van der Waals surface area contributed by atoms with Crippen molar-refractivity contribution < 1.29 is 4.79 Å². The first-order chi connectivity index (χ1) is 11.8. The van der Waals surface area contributed by atoms with E-state index in [0.717, 1.165) is 33.8 Å². The van der Waals surface area contributed by atoms with Gasteiger partial charge in [-0.25, -0.2) is 4.98 Å². The summed E-state index contributed by atoms with van der Waals surface area (Å²) in [6.45, 7) is 6.09. The van der Waals surface area contributed by atoms with Gasteiger partial charge < -0.3 is 5.32 Å². The number of amides is 1. The molecule has 0 fully saturated rings. The molecule has 1 amide bonds. The van der Waals surface area contributed by atoms with Gasteiger partial charge in [-0.2, -0.15) is 0 Å². The number of carbonyl (C=O) groups excluding carboxylic acids is 1. The second-order valence-electron chi connectivity index (χ2n) is 6.32. The van der Waals surface area contributed by atoms with E-state index in [0.29, 0.717) is 10.4 Å². The molecule has 1 aromatic heterocycles. The normalized spacial score (nSPS) is 15.9. The third kappa shape index (κ3) is 3.93. The first-order valence-electron chi connectivity index (χ1n) is 8.11. The summed E-state index contributed by atoms with van der Waals surface area (Å²) in [4.78, 5) is 30.0. The van der Waals surface area contributed by atoms with Crippen LogP contribution in [0.5, 0.6) is 0 Å². The monoisotopic (exact) mass is 375 g/mol. The van der Waals surface area contributed by atoms with Crippen molar-refractivity contribution in [2.24, 2.45) is 7.05 Å². The van der Waals surface area contributed by atoms with Crippen molar-refractivity contribution in [3.8, 4) is 0 Å². The molecule has 1 atom stereocenters. The van der Waals surface area contributed by atoms with E-state index in [2.05, 4.69) is 17.2 Å². The highest BCUT2D eigenvalue weighted by molar-refractivity contribution is 8.00. The maximum absolute atomic E-state index is 12.4. The molecule has 2 heterocycles. The van der Waals surface area contributed by atoms with Crippen molar-refractivity contribution in [1.82, 2.24) is 9.55 Å². The average molecular weight is 376 g/mol. The van der Waals surface area contributed by atoms with E-state index in [-0.39, 0.29) is 17.2 Å². The summed E-state index contributed by atoms with van der Waals surface area (Å²) in [5.74, 6) is 0.115. The van der Waals surface area contributed by atoms with Crippen LogP contribution in [0.15, 0.2) is 33.0 Å². The van der Waals surface area contributed by atoms with Crippen molar-refractivity contribution in [3.05, 3.63) is 45.4 Å². The molecule has 0 spiro atoms. The van der Waals surface area contributed by atoms with Crippen molar-refractivity contribution >= 4 is 35.1 Å². The number of rotatable bonds is 4. The molecule has 0 aliphatic carbocycles. The Balaban J connectivity index is 1.70. The Bertz CT molecular complexity index is 893. The zero-order chi connectivity index (χ0) is 18.1. The van der Waals surface area contributed by atoms with E-state index in [9.17, 15) is 9.59 Å². The second kappa shape index (κ2) is 7.25. The average Bonchev–Trinajstić information content (AvgIpc) is 2.93. The highest BCUT2D eigenvalue weighted by Gasteiger charge is 2.25. The Morgan fingerprint density at radius 1 is 1.44 bits per heavy atom. The van der Waals surface area contributed by atoms with Gasteiger partial charge in [0.05, 0.1) is 16.3 Å². The van der Waals surface area contributed by atoms with Crippen LogP contribution in [0.3, 0.4) is 0 Å². The molecule has 0 bridgehead atoms. The van der Waals surface area contributed by atoms with E-state index >= 15 is 0 Å². The van der Waals surface area contributed by atoms with Crippen molar-refractivity contribution in [3.63, 3.8) is 0 Å². The number of fused-ring (bicyclic) bond motifs is 1. The number of nitrogens with one attached hydrogen (secondary N) is 1. The van der Waals surface area contributed by atoms with E-state index in [1.54, 1.807) is 23.4 Å². The van der Waals surface area contributed by atoms with E-state index in [1.165, 1.54) is 11.8 Å². The predicted molar refractivity (Wildman–Crippen MR) is 104 cm³/mol. The number of nitrogens with zero attached hydrogens (tertiary/aromatic N) is 2. The first-order valence-corrected chi connectivity index (χ1v) is 9.98. The molecule has 3 rings (SSSR count). The van der Waals surface area contributed by atoms with Crippen LogP contribution < -0.4 is 10.9 Å². The standard InChI is InChI=1S/C18H21N3O2S2/c1-10-5-6-13(11(2)7-10)19-15(22)9-24-18-20-14-8-12(3)25-16(14)17(23)21(18)4/h5-7,12H,8-9H2,1-4H3,(H,19,22)/t12-/m0/s1. The third-order valence-electron chi connectivity index (χ3n) is 4.07. The fourth-order valence-corrected chi connectivity index (χ4v) is 4.71. The summed E-state index contributed by atoms with van der Waals surface area (Å²) in [6, 6.07) is 5.92. The number of anilines is 1. The number of carbonyl (C=O) groups is 1. The van der Waals surface area contributed by atoms with Gasteiger partial charge >= 0.3 is 0 Å². The Kier molecular flexibility index (Phi) is 5.24. The van der Waals surface area contributed by atoms with Gasteiger partial charge in [0, 0.05) is 24.4 Å². The van der Waals surface area contributed by atoms with Crippen LogP contribution in [0.1, 0.15) is 23.7 Å². The largest absolute Gasteiger partial charge is 0.325 e. The number of aryl methyl sites for hydroxylation is 2. The summed E-state index contributed by atoms with van der Waals surface area (Å²) in [6.07, 6.45) is 0.804. The molecule has 0 unspecified atom stereocenters. The Morgan fingerprint density at radius 2 is 2.20 bits per heavy atom. The summed E-state index contributed by atoms with van der Waals surface area (Å²) in [7, 11) is 1.71. The molecule has 132 valence electrons. The molecule has 7 heteroatoms. The number of benzene rings is 1. The van der Waals surface area contributed by atoms with Crippen LogP contribution in [0.4, 0.5) is 5.69 Å². The van der Waals surface area contributed by atoms with Gasteiger partial charge in [0.2, 0.25) is 5.91 Å². The van der Waals surface area contributed by atoms with E-state index in [4.69, 9.17) is 0 Å². The van der Waals surface area contributed by atoms with Crippen LogP contribution in [0.25, 0.3) is 0 Å². The van der Waals surface area contributed by atoms with E-state index < -0.39 is 0 Å². The van der Waals surface area contributed by atoms with Crippen LogP contribution in [-0.4, -0.2) is 26.5 Å². The Hall–Kier alpha value is -1.73. The molecule has 0 saturated heterocycles. The summed E-state index contributed by atoms with van der Waals surface area (Å²) in [5, 5.41) is 3.89. The van der Waals surface area contributed by atoms with Crippen LogP contribution in [-0.2, 0) is 18.3 Å². The van der Waals surface area contributed by atoms with Gasteiger partial charge in [-0.15, -0.1) is 11.8 Å². The lowest BCUT2D eigenvalue weighted by Crippen LogP contribution is -2.23. The lowest BCUT2D eigenvalue weighted by atomic mass is 10.1. The summed E-state index contributed by atoms with van der Waals surface area (Å²) in [5.41, 5.74) is 3.86. The van der Waals surface area contributed by atoms with Crippen molar-refractivity contribution in [2.75, 3.05) is 11.1 Å². The topological polar surface area (TPSA) is 64.0 Å². The first kappa shape index (κ1) is 18.1. The van der Waals surface area contributed by atoms with Gasteiger partial charge in [-0.05, 0) is 25.5 Å². The smallest absolute Gasteiger partial charge is 0.267 e. The number of hydrogen-bond donors (Lipinski definition) is 1. The molecule has 0 radical (unpaired) electrons. The molecule has 25 heavy (non-hydrogen) atoms. The predicted octanol–water partition coefficient (Wildman–Crippen LogP) is 3.16. The number of thioether (sulfide) groups is 2. The fourth-order valence-electron chi connectivity index (χ4n) is 2.78. The molecule has 1 aliphatic rings. The fraction of sp³-hybridized carbons (Fsp3) is 0.389. The maximum atomic E-state index is 12.4. The van der Waals surface area contributed by atoms with Crippen LogP contribution >= 0.6 is 23.5 Å². The summed E-state index contributed by atoms with van der Waals surface area (Å²) < 4.78 is 1.54. The third-order valence-corrected chi connectivity index (χ3v) is 6.31. The lowest BCUT2D eigenvalue weighted by molar-refractivity contribution is -0.113. The lowest BCUT2D eigenvalue weighted by Gasteiger charge is -2.11. The van der Waals surface area contributed by atoms with Gasteiger partial charge in [-0.3, -0.25) is 14.2 Å². The molecule has 1 aromatic carbocycles. The zero-order valence-electron chi connectivity index (χ0n) is 14.8. The highest BCUT2D eigenvalue weighted by atomic mass is 32.2.